The number of halogens is 1. The van der Waals surface area contributed by atoms with Crippen LogP contribution in [-0.2, 0) is 10.0 Å². The first-order valence-electron chi connectivity index (χ1n) is 7.96. The van der Waals surface area contributed by atoms with Gasteiger partial charge in [-0.25, -0.2) is 12.8 Å². The van der Waals surface area contributed by atoms with Gasteiger partial charge in [0.1, 0.15) is 5.82 Å². The predicted octanol–water partition coefficient (Wildman–Crippen LogP) is 3.21. The van der Waals surface area contributed by atoms with E-state index in [2.05, 4.69) is 5.32 Å². The third kappa shape index (κ3) is 3.09. The quantitative estimate of drug-likeness (QED) is 0.923. The molecule has 0 amide bonds. The molecule has 0 saturated carbocycles. The van der Waals surface area contributed by atoms with Crippen molar-refractivity contribution in [2.45, 2.75) is 36.9 Å². The Kier molecular flexibility index (Phi) is 4.71. The summed E-state index contributed by atoms with van der Waals surface area (Å²) in [5.41, 5.74) is 1.82. The lowest BCUT2D eigenvalue weighted by Gasteiger charge is -2.29. The van der Waals surface area contributed by atoms with Crippen molar-refractivity contribution in [2.75, 3.05) is 7.05 Å². The molecule has 2 atom stereocenters. The lowest BCUT2D eigenvalue weighted by atomic mass is 10.1. The van der Waals surface area contributed by atoms with Gasteiger partial charge in [-0.15, -0.1) is 0 Å². The second-order valence-corrected chi connectivity index (χ2v) is 7.94. The van der Waals surface area contributed by atoms with E-state index in [4.69, 9.17) is 0 Å². The van der Waals surface area contributed by atoms with Gasteiger partial charge in [-0.3, -0.25) is 0 Å². The molecule has 0 spiro atoms. The fraction of sp³-hybridized carbons (Fsp3) is 0.333. The van der Waals surface area contributed by atoms with Crippen molar-refractivity contribution >= 4 is 10.0 Å². The molecule has 1 saturated heterocycles. The standard InChI is InChI=1S/C18H21FN2O2S/c1-13-3-9-16(10-4-13)24(22,23)21-17(11-12-18(21)20-2)14-5-7-15(19)8-6-14/h3-10,17-18,20H,11-12H2,1-2H3. The summed E-state index contributed by atoms with van der Waals surface area (Å²) in [4.78, 5) is 0.280. The van der Waals surface area contributed by atoms with E-state index in [1.54, 1.807) is 43.4 Å². The number of nitrogens with one attached hydrogen (secondary N) is 1. The normalized spacial score (nSPS) is 22.0. The van der Waals surface area contributed by atoms with Crippen molar-refractivity contribution in [3.63, 3.8) is 0 Å². The van der Waals surface area contributed by atoms with Crippen LogP contribution in [0.1, 0.15) is 30.0 Å². The van der Waals surface area contributed by atoms with Crippen LogP contribution in [-0.4, -0.2) is 25.9 Å². The maximum atomic E-state index is 13.2. The molecular weight excluding hydrogens is 327 g/mol. The summed E-state index contributed by atoms with van der Waals surface area (Å²) in [5, 5.41) is 3.09. The van der Waals surface area contributed by atoms with Crippen molar-refractivity contribution in [1.82, 2.24) is 9.62 Å². The zero-order chi connectivity index (χ0) is 17.3. The number of nitrogens with zero attached hydrogens (tertiary/aromatic N) is 1. The zero-order valence-electron chi connectivity index (χ0n) is 13.7. The number of aryl methyl sites for hydroxylation is 1. The Hall–Kier alpha value is -1.76. The second-order valence-electron chi connectivity index (χ2n) is 6.10. The topological polar surface area (TPSA) is 49.4 Å². The lowest BCUT2D eigenvalue weighted by molar-refractivity contribution is 0.298. The fourth-order valence-corrected chi connectivity index (χ4v) is 5.06. The summed E-state index contributed by atoms with van der Waals surface area (Å²) in [5.74, 6) is -0.324. The van der Waals surface area contributed by atoms with Crippen LogP contribution in [0.3, 0.4) is 0 Å². The Bertz CT molecular complexity index is 804. The van der Waals surface area contributed by atoms with Crippen molar-refractivity contribution in [3.05, 3.63) is 65.5 Å². The fourth-order valence-electron chi connectivity index (χ4n) is 3.22. The van der Waals surface area contributed by atoms with E-state index in [0.29, 0.717) is 12.8 Å². The maximum absolute atomic E-state index is 13.2. The van der Waals surface area contributed by atoms with Gasteiger partial charge in [0.2, 0.25) is 10.0 Å². The average Bonchev–Trinajstić information content (AvgIpc) is 3.01. The molecule has 2 aromatic carbocycles. The summed E-state index contributed by atoms with van der Waals surface area (Å²) in [7, 11) is -1.89. The number of benzene rings is 2. The molecule has 4 nitrogen and oxygen atoms in total. The highest BCUT2D eigenvalue weighted by Crippen LogP contribution is 2.39. The summed E-state index contributed by atoms with van der Waals surface area (Å²) in [6.07, 6.45) is 1.14. The molecule has 24 heavy (non-hydrogen) atoms. The van der Waals surface area contributed by atoms with E-state index < -0.39 is 10.0 Å². The van der Waals surface area contributed by atoms with Crippen molar-refractivity contribution < 1.29 is 12.8 Å². The summed E-state index contributed by atoms with van der Waals surface area (Å²) in [6, 6.07) is 12.6. The third-order valence-electron chi connectivity index (χ3n) is 4.51. The minimum Gasteiger partial charge on any atom is -0.304 e. The van der Waals surface area contributed by atoms with E-state index in [9.17, 15) is 12.8 Å². The van der Waals surface area contributed by atoms with Gasteiger partial charge >= 0.3 is 0 Å². The smallest absolute Gasteiger partial charge is 0.245 e. The molecule has 1 N–H and O–H groups in total. The Morgan fingerprint density at radius 2 is 1.67 bits per heavy atom. The number of sulfonamides is 1. The lowest BCUT2D eigenvalue weighted by Crippen LogP contribution is -2.44. The van der Waals surface area contributed by atoms with Gasteiger partial charge in [-0.1, -0.05) is 29.8 Å². The highest BCUT2D eigenvalue weighted by atomic mass is 32.2. The Labute approximate surface area is 142 Å². The number of hydrogen-bond donors (Lipinski definition) is 1. The predicted molar refractivity (Wildman–Crippen MR) is 91.4 cm³/mol. The third-order valence-corrected chi connectivity index (χ3v) is 6.44. The largest absolute Gasteiger partial charge is 0.304 e. The molecule has 0 aromatic heterocycles. The minimum atomic E-state index is -3.65. The van der Waals surface area contributed by atoms with Gasteiger partial charge in [-0.2, -0.15) is 4.31 Å². The van der Waals surface area contributed by atoms with Crippen molar-refractivity contribution in [3.8, 4) is 0 Å². The molecule has 2 aromatic rings. The van der Waals surface area contributed by atoms with Gasteiger partial charge in [-0.05, 0) is 56.6 Å². The highest BCUT2D eigenvalue weighted by Gasteiger charge is 2.42. The molecule has 6 heteroatoms. The molecule has 1 aliphatic rings. The molecule has 1 aliphatic heterocycles. The molecule has 2 unspecified atom stereocenters. The number of rotatable bonds is 4. The molecule has 0 bridgehead atoms. The summed E-state index contributed by atoms with van der Waals surface area (Å²) < 4.78 is 41.1. The van der Waals surface area contributed by atoms with Crippen LogP contribution in [0, 0.1) is 12.7 Å². The van der Waals surface area contributed by atoms with Crippen LogP contribution in [0.2, 0.25) is 0 Å². The van der Waals surface area contributed by atoms with E-state index in [0.717, 1.165) is 11.1 Å². The van der Waals surface area contributed by atoms with Gasteiger partial charge in [0.25, 0.3) is 0 Å². The first kappa shape index (κ1) is 17.1. The average molecular weight is 348 g/mol. The van der Waals surface area contributed by atoms with E-state index in [1.807, 2.05) is 6.92 Å². The van der Waals surface area contributed by atoms with Crippen LogP contribution in [0.15, 0.2) is 53.4 Å². The van der Waals surface area contributed by atoms with E-state index >= 15 is 0 Å². The highest BCUT2D eigenvalue weighted by molar-refractivity contribution is 7.89. The summed E-state index contributed by atoms with van der Waals surface area (Å²) >= 11 is 0. The Morgan fingerprint density at radius 1 is 1.04 bits per heavy atom. The van der Waals surface area contributed by atoms with Crippen molar-refractivity contribution in [1.29, 1.82) is 0 Å². The molecule has 1 fully saturated rings. The van der Waals surface area contributed by atoms with Gasteiger partial charge in [0.05, 0.1) is 17.1 Å². The van der Waals surface area contributed by atoms with Crippen LogP contribution in [0.25, 0.3) is 0 Å². The van der Waals surface area contributed by atoms with Crippen LogP contribution >= 0.6 is 0 Å². The second kappa shape index (κ2) is 6.63. The Morgan fingerprint density at radius 3 is 2.25 bits per heavy atom. The molecule has 0 aliphatic carbocycles. The molecule has 1 heterocycles. The molecule has 0 radical (unpaired) electrons. The minimum absolute atomic E-state index is 0.272. The summed E-state index contributed by atoms with van der Waals surface area (Å²) in [6.45, 7) is 1.92. The molecule has 128 valence electrons. The van der Waals surface area contributed by atoms with Crippen molar-refractivity contribution in [2.24, 2.45) is 0 Å². The van der Waals surface area contributed by atoms with Gasteiger partial charge < -0.3 is 5.32 Å². The molecular formula is C18H21FN2O2S. The van der Waals surface area contributed by atoms with E-state index in [1.165, 1.54) is 16.4 Å². The van der Waals surface area contributed by atoms with Crippen LogP contribution < -0.4 is 5.32 Å². The zero-order valence-corrected chi connectivity index (χ0v) is 14.6. The molecule has 3 rings (SSSR count). The first-order chi connectivity index (χ1) is 11.4. The van der Waals surface area contributed by atoms with E-state index in [-0.39, 0.29) is 22.9 Å². The van der Waals surface area contributed by atoms with Gasteiger partial charge in [0, 0.05) is 0 Å². The Balaban J connectivity index is 2.02. The van der Waals surface area contributed by atoms with Crippen LogP contribution in [0.4, 0.5) is 4.39 Å². The maximum Gasteiger partial charge on any atom is 0.245 e. The number of hydrogen-bond acceptors (Lipinski definition) is 3. The monoisotopic (exact) mass is 348 g/mol. The first-order valence-corrected chi connectivity index (χ1v) is 9.40. The van der Waals surface area contributed by atoms with Gasteiger partial charge in [0.15, 0.2) is 0 Å². The SMILES string of the molecule is CNC1CCC(c2ccc(F)cc2)N1S(=O)(=O)c1ccc(C)cc1. The van der Waals surface area contributed by atoms with Crippen LogP contribution in [0.5, 0.6) is 0 Å².